The molecule has 0 saturated carbocycles. The summed E-state index contributed by atoms with van der Waals surface area (Å²) in [5.41, 5.74) is 5.89. The maximum atomic E-state index is 13.9. The van der Waals surface area contributed by atoms with Crippen molar-refractivity contribution in [1.29, 1.82) is 0 Å². The van der Waals surface area contributed by atoms with E-state index in [1.807, 2.05) is 36.4 Å². The molecule has 0 spiro atoms. The van der Waals surface area contributed by atoms with Crippen molar-refractivity contribution in [2.45, 2.75) is 18.9 Å². The molecule has 2 aliphatic rings. The first-order chi connectivity index (χ1) is 18.6. The van der Waals surface area contributed by atoms with Crippen molar-refractivity contribution in [1.82, 2.24) is 4.57 Å². The summed E-state index contributed by atoms with van der Waals surface area (Å²) in [6.45, 7) is 4.05. The summed E-state index contributed by atoms with van der Waals surface area (Å²) in [6.07, 6.45) is 5.17. The number of hydrogen-bond acceptors (Lipinski definition) is 5. The van der Waals surface area contributed by atoms with E-state index < -0.39 is 0 Å². The molecule has 0 amide bonds. The number of aromatic nitrogens is 1. The summed E-state index contributed by atoms with van der Waals surface area (Å²) in [4.78, 5) is 19.5. The number of methoxy groups -OCH3 is 1. The van der Waals surface area contributed by atoms with Gasteiger partial charge in [0.15, 0.2) is 16.3 Å². The van der Waals surface area contributed by atoms with Crippen molar-refractivity contribution >= 4 is 23.1 Å². The third-order valence-corrected chi connectivity index (χ3v) is 7.88. The first kappa shape index (κ1) is 24.1. The molecule has 0 fully saturated rings. The lowest BCUT2D eigenvalue weighted by atomic mass is 9.83. The van der Waals surface area contributed by atoms with E-state index in [0.717, 1.165) is 40.8 Å². The van der Waals surface area contributed by atoms with E-state index in [1.54, 1.807) is 29.9 Å². The number of halogens is 1. The Morgan fingerprint density at radius 1 is 1.11 bits per heavy atom. The van der Waals surface area contributed by atoms with Gasteiger partial charge in [-0.05, 0) is 65.4 Å². The predicted molar refractivity (Wildman–Crippen MR) is 148 cm³/mol. The Balaban J connectivity index is 1.53. The van der Waals surface area contributed by atoms with E-state index in [2.05, 4.69) is 18.7 Å². The number of aryl methyl sites for hydroxylation is 1. The molecule has 0 radical (unpaired) electrons. The van der Waals surface area contributed by atoms with E-state index in [0.29, 0.717) is 27.4 Å². The van der Waals surface area contributed by atoms with Gasteiger partial charge in [-0.3, -0.25) is 9.36 Å². The highest BCUT2D eigenvalue weighted by molar-refractivity contribution is 7.07. The molecule has 0 unspecified atom stereocenters. The highest BCUT2D eigenvalue weighted by Crippen LogP contribution is 2.41. The minimum absolute atomic E-state index is 0.126. The Kier molecular flexibility index (Phi) is 6.29. The van der Waals surface area contributed by atoms with Crippen LogP contribution in [0.3, 0.4) is 0 Å². The van der Waals surface area contributed by atoms with Gasteiger partial charge in [0.1, 0.15) is 12.4 Å². The third-order valence-electron chi connectivity index (χ3n) is 6.90. The average Bonchev–Trinajstić information content (AvgIpc) is 3.25. The zero-order valence-corrected chi connectivity index (χ0v) is 21.6. The molecule has 190 valence electrons. The van der Waals surface area contributed by atoms with Crippen LogP contribution < -0.4 is 24.4 Å². The molecule has 1 aromatic heterocycles. The smallest absolute Gasteiger partial charge is 0.271 e. The van der Waals surface area contributed by atoms with E-state index in [9.17, 15) is 9.18 Å². The summed E-state index contributed by atoms with van der Waals surface area (Å²) >= 11 is 1.35. The van der Waals surface area contributed by atoms with E-state index in [-0.39, 0.29) is 17.4 Å². The SMILES string of the molecule is C=CCOc1ccc(/C=c2/sc3n(c2=O)[C@H](c2ccc(F)cc2)C2=C(N=3)c3ccccc3CC2)cc1OC. The molecule has 4 aromatic rings. The van der Waals surface area contributed by atoms with Gasteiger partial charge in [0.25, 0.3) is 5.56 Å². The van der Waals surface area contributed by atoms with Crippen LogP contribution in [0.5, 0.6) is 11.5 Å². The second-order valence-electron chi connectivity index (χ2n) is 9.18. The lowest BCUT2D eigenvalue weighted by Crippen LogP contribution is -2.38. The zero-order chi connectivity index (χ0) is 26.2. The molecule has 1 aliphatic carbocycles. The second-order valence-corrected chi connectivity index (χ2v) is 10.2. The highest BCUT2D eigenvalue weighted by atomic mass is 32.1. The first-order valence-corrected chi connectivity index (χ1v) is 13.2. The number of benzene rings is 3. The fourth-order valence-electron chi connectivity index (χ4n) is 5.16. The number of allylic oxidation sites excluding steroid dienone is 1. The standard InChI is InChI=1S/C31H25FN2O3S/c1-3-16-37-25-15-8-19(17-26(25)36-2)18-27-30(35)34-29(21-9-12-22(32)13-10-21)24-14-11-20-6-4-5-7-23(20)28(24)33-31(34)38-27/h3-10,12-13,15,17-18,29H,1,11,14,16H2,2H3/b27-18+/t29-/m1/s1. The van der Waals surface area contributed by atoms with Crippen LogP contribution >= 0.6 is 11.3 Å². The minimum Gasteiger partial charge on any atom is -0.493 e. The molecule has 6 rings (SSSR count). The molecule has 1 atom stereocenters. The fraction of sp³-hybridized carbons (Fsp3) is 0.161. The Bertz CT molecular complexity index is 1770. The first-order valence-electron chi connectivity index (χ1n) is 12.4. The largest absolute Gasteiger partial charge is 0.493 e. The van der Waals surface area contributed by atoms with Gasteiger partial charge in [-0.25, -0.2) is 9.38 Å². The van der Waals surface area contributed by atoms with Crippen molar-refractivity contribution in [3.63, 3.8) is 0 Å². The summed E-state index contributed by atoms with van der Waals surface area (Å²) in [6, 6.07) is 19.9. The van der Waals surface area contributed by atoms with E-state index in [1.165, 1.54) is 29.0 Å². The number of ether oxygens (including phenoxy) is 2. The molecule has 2 heterocycles. The normalized spacial score (nSPS) is 16.3. The molecular weight excluding hydrogens is 499 g/mol. The van der Waals surface area contributed by atoms with Crippen LogP contribution in [0.1, 0.15) is 34.7 Å². The summed E-state index contributed by atoms with van der Waals surface area (Å²) in [5.74, 6) is 0.872. The van der Waals surface area contributed by atoms with Crippen molar-refractivity contribution in [2.75, 3.05) is 13.7 Å². The summed E-state index contributed by atoms with van der Waals surface area (Å²) in [7, 11) is 1.58. The van der Waals surface area contributed by atoms with Crippen LogP contribution in [-0.2, 0) is 6.42 Å². The van der Waals surface area contributed by atoms with Gasteiger partial charge in [0, 0.05) is 5.56 Å². The fourth-order valence-corrected chi connectivity index (χ4v) is 6.16. The lowest BCUT2D eigenvalue weighted by molar-refractivity contribution is 0.326. The molecule has 1 aliphatic heterocycles. The molecule has 0 saturated heterocycles. The molecule has 0 N–H and O–H groups in total. The Hall–Kier alpha value is -4.23. The van der Waals surface area contributed by atoms with E-state index >= 15 is 0 Å². The molecule has 0 bridgehead atoms. The van der Waals surface area contributed by atoms with Gasteiger partial charge in [0.05, 0.1) is 23.4 Å². The zero-order valence-electron chi connectivity index (χ0n) is 20.8. The van der Waals surface area contributed by atoms with Crippen molar-refractivity contribution in [3.8, 4) is 11.5 Å². The van der Waals surface area contributed by atoms with Gasteiger partial charge in [-0.2, -0.15) is 0 Å². The number of fused-ring (bicyclic) bond motifs is 3. The van der Waals surface area contributed by atoms with Gasteiger partial charge in [-0.1, -0.05) is 66.5 Å². The van der Waals surface area contributed by atoms with Gasteiger partial charge in [0.2, 0.25) is 0 Å². The molecule has 5 nitrogen and oxygen atoms in total. The van der Waals surface area contributed by atoms with Gasteiger partial charge >= 0.3 is 0 Å². The van der Waals surface area contributed by atoms with Crippen LogP contribution in [0.4, 0.5) is 4.39 Å². The average molecular weight is 525 g/mol. The van der Waals surface area contributed by atoms with Gasteiger partial charge in [-0.15, -0.1) is 0 Å². The third kappa shape index (κ3) is 4.19. The number of rotatable bonds is 6. The number of thiazole rings is 1. The van der Waals surface area contributed by atoms with Gasteiger partial charge < -0.3 is 9.47 Å². The molecule has 3 aromatic carbocycles. The van der Waals surface area contributed by atoms with Crippen LogP contribution in [0.15, 0.2) is 94.7 Å². The van der Waals surface area contributed by atoms with Crippen molar-refractivity contribution < 1.29 is 13.9 Å². The summed E-state index contributed by atoms with van der Waals surface area (Å²) in [5, 5.41) is 0. The number of hydrogen-bond donors (Lipinski definition) is 0. The topological polar surface area (TPSA) is 52.8 Å². The maximum absolute atomic E-state index is 13.9. The van der Waals surface area contributed by atoms with Crippen LogP contribution in [-0.4, -0.2) is 18.3 Å². The second kappa shape index (κ2) is 9.91. The van der Waals surface area contributed by atoms with Crippen LogP contribution in [0, 0.1) is 5.82 Å². The quantitative estimate of drug-likeness (QED) is 0.333. The van der Waals surface area contributed by atoms with Crippen LogP contribution in [0.25, 0.3) is 11.8 Å². The van der Waals surface area contributed by atoms with Crippen molar-refractivity contribution in [3.05, 3.63) is 133 Å². The minimum atomic E-state index is -0.346. The van der Waals surface area contributed by atoms with Crippen LogP contribution in [0.2, 0.25) is 0 Å². The monoisotopic (exact) mass is 524 g/mol. The highest BCUT2D eigenvalue weighted by Gasteiger charge is 2.32. The molecule has 7 heteroatoms. The lowest BCUT2D eigenvalue weighted by Gasteiger charge is -2.30. The van der Waals surface area contributed by atoms with E-state index in [4.69, 9.17) is 14.5 Å². The molecule has 38 heavy (non-hydrogen) atoms. The Morgan fingerprint density at radius 2 is 1.92 bits per heavy atom. The molecular formula is C31H25FN2O3S. The Labute approximate surface area is 223 Å². The maximum Gasteiger partial charge on any atom is 0.271 e. The number of nitrogens with zero attached hydrogens (tertiary/aromatic N) is 2. The van der Waals surface area contributed by atoms with Crippen molar-refractivity contribution in [2.24, 2.45) is 4.99 Å². The Morgan fingerprint density at radius 3 is 2.71 bits per heavy atom. The predicted octanol–water partition coefficient (Wildman–Crippen LogP) is 5.03. The summed E-state index contributed by atoms with van der Waals surface area (Å²) < 4.78 is 27.3.